The number of carbonyl (C=O) groups excluding carboxylic acids is 2. The van der Waals surface area contributed by atoms with Gasteiger partial charge in [-0.3, -0.25) is 9.59 Å². The Labute approximate surface area is 203 Å². The summed E-state index contributed by atoms with van der Waals surface area (Å²) in [6.07, 6.45) is 1.16. The summed E-state index contributed by atoms with van der Waals surface area (Å²) in [6, 6.07) is 19.0. The maximum Gasteiger partial charge on any atom is 0.257 e. The van der Waals surface area contributed by atoms with Crippen LogP contribution in [0.2, 0.25) is 0 Å². The van der Waals surface area contributed by atoms with Crippen molar-refractivity contribution in [3.63, 3.8) is 0 Å². The fourth-order valence-electron chi connectivity index (χ4n) is 3.40. The molecule has 0 heterocycles. The third kappa shape index (κ3) is 7.31. The van der Waals surface area contributed by atoms with Crippen LogP contribution in [-0.2, 0) is 26.0 Å². The van der Waals surface area contributed by atoms with Gasteiger partial charge in [0.2, 0.25) is 11.8 Å². The first-order valence-electron chi connectivity index (χ1n) is 10.8. The number of amides is 2. The lowest BCUT2D eigenvalue weighted by atomic mass is 9.97. The molecule has 1 N–H and O–H groups in total. The summed E-state index contributed by atoms with van der Waals surface area (Å²) in [5.74, 6) is -4.13. The molecule has 3 rings (SSSR count). The van der Waals surface area contributed by atoms with Gasteiger partial charge in [-0.15, -0.1) is 0 Å². The van der Waals surface area contributed by atoms with E-state index in [1.165, 1.54) is 59.5 Å². The zero-order chi connectivity index (χ0) is 25.4. The quantitative estimate of drug-likeness (QED) is 0.446. The summed E-state index contributed by atoms with van der Waals surface area (Å²) >= 11 is 0. The summed E-state index contributed by atoms with van der Waals surface area (Å²) < 4.78 is 53.8. The Morgan fingerprint density at radius 1 is 0.914 bits per heavy atom. The number of benzene rings is 3. The van der Waals surface area contributed by atoms with Crippen LogP contribution in [0.5, 0.6) is 0 Å². The van der Waals surface area contributed by atoms with Gasteiger partial charge in [0.1, 0.15) is 17.6 Å². The zero-order valence-electron chi connectivity index (χ0n) is 18.9. The molecule has 1 atom stereocenters. The Morgan fingerprint density at radius 2 is 1.49 bits per heavy atom. The first kappa shape index (κ1) is 25.8. The minimum Gasteiger partial charge on any atom is -0.312 e. The van der Waals surface area contributed by atoms with E-state index < -0.39 is 39.4 Å². The number of hydrogen-bond acceptors (Lipinski definition) is 4. The zero-order valence-corrected chi connectivity index (χ0v) is 19.7. The molecule has 0 aliphatic carbocycles. The van der Waals surface area contributed by atoms with Gasteiger partial charge in [-0.2, -0.15) is 0 Å². The van der Waals surface area contributed by atoms with Crippen LogP contribution in [-0.4, -0.2) is 26.8 Å². The SMILES string of the molecule is CCN(C(=O)C(Cc1ccc(F)cc1)C(=O)NS(=O)(=O)/C=C/c1ccccc1)c1ccc(F)cc1. The average molecular weight is 499 g/mol. The Kier molecular flexibility index (Phi) is 8.48. The monoisotopic (exact) mass is 498 g/mol. The molecule has 9 heteroatoms. The predicted molar refractivity (Wildman–Crippen MR) is 131 cm³/mol. The van der Waals surface area contributed by atoms with Gasteiger partial charge in [-0.25, -0.2) is 21.9 Å². The molecule has 0 saturated carbocycles. The lowest BCUT2D eigenvalue weighted by molar-refractivity contribution is -0.132. The molecule has 0 spiro atoms. The van der Waals surface area contributed by atoms with Crippen molar-refractivity contribution in [2.75, 3.05) is 11.4 Å². The van der Waals surface area contributed by atoms with Crippen LogP contribution < -0.4 is 9.62 Å². The Hall–Kier alpha value is -3.85. The Balaban J connectivity index is 1.88. The van der Waals surface area contributed by atoms with Crippen LogP contribution in [0.25, 0.3) is 6.08 Å². The van der Waals surface area contributed by atoms with Crippen LogP contribution in [0, 0.1) is 17.6 Å². The van der Waals surface area contributed by atoms with E-state index in [1.807, 2.05) is 4.72 Å². The Morgan fingerprint density at radius 3 is 2.06 bits per heavy atom. The first-order chi connectivity index (χ1) is 16.7. The molecule has 0 fully saturated rings. The largest absolute Gasteiger partial charge is 0.312 e. The van der Waals surface area contributed by atoms with Crippen LogP contribution in [0.1, 0.15) is 18.1 Å². The van der Waals surface area contributed by atoms with E-state index in [9.17, 15) is 26.8 Å². The maximum absolute atomic E-state index is 13.4. The van der Waals surface area contributed by atoms with E-state index in [4.69, 9.17) is 0 Å². The van der Waals surface area contributed by atoms with Crippen molar-refractivity contribution in [3.05, 3.63) is 107 Å². The van der Waals surface area contributed by atoms with Gasteiger partial charge in [0.05, 0.1) is 5.41 Å². The van der Waals surface area contributed by atoms with Gasteiger partial charge in [-0.05, 0) is 66.9 Å². The van der Waals surface area contributed by atoms with E-state index in [0.29, 0.717) is 16.8 Å². The molecule has 0 bridgehead atoms. The highest BCUT2D eigenvalue weighted by Gasteiger charge is 2.33. The third-order valence-corrected chi connectivity index (χ3v) is 6.15. The lowest BCUT2D eigenvalue weighted by Crippen LogP contribution is -2.46. The number of nitrogens with one attached hydrogen (secondary N) is 1. The number of halogens is 2. The molecule has 3 aromatic rings. The van der Waals surface area contributed by atoms with E-state index in [0.717, 1.165) is 5.41 Å². The number of rotatable bonds is 9. The number of anilines is 1. The average Bonchev–Trinajstić information content (AvgIpc) is 2.84. The molecule has 182 valence electrons. The molecular weight excluding hydrogens is 474 g/mol. The van der Waals surface area contributed by atoms with E-state index in [1.54, 1.807) is 37.3 Å². The summed E-state index contributed by atoms with van der Waals surface area (Å²) in [6.45, 7) is 1.83. The second-order valence-electron chi connectivity index (χ2n) is 7.67. The minimum atomic E-state index is -4.22. The number of hydrogen-bond donors (Lipinski definition) is 1. The van der Waals surface area contributed by atoms with Crippen molar-refractivity contribution < 1.29 is 26.8 Å². The van der Waals surface area contributed by atoms with Gasteiger partial charge in [-0.1, -0.05) is 42.5 Å². The highest BCUT2D eigenvalue weighted by Crippen LogP contribution is 2.21. The molecule has 35 heavy (non-hydrogen) atoms. The van der Waals surface area contributed by atoms with Crippen molar-refractivity contribution in [2.24, 2.45) is 5.92 Å². The number of carbonyl (C=O) groups is 2. The Bertz CT molecular complexity index is 1290. The second-order valence-corrected chi connectivity index (χ2v) is 9.23. The van der Waals surface area contributed by atoms with Gasteiger partial charge in [0.15, 0.2) is 0 Å². The van der Waals surface area contributed by atoms with Crippen LogP contribution >= 0.6 is 0 Å². The summed E-state index contributed by atoms with van der Waals surface area (Å²) in [4.78, 5) is 27.8. The van der Waals surface area contributed by atoms with Crippen molar-refractivity contribution in [2.45, 2.75) is 13.3 Å². The first-order valence-corrected chi connectivity index (χ1v) is 12.3. The maximum atomic E-state index is 13.4. The fourth-order valence-corrected chi connectivity index (χ4v) is 4.23. The topological polar surface area (TPSA) is 83.6 Å². The van der Waals surface area contributed by atoms with Crippen molar-refractivity contribution in [1.29, 1.82) is 0 Å². The molecular formula is C26H24F2N2O4S. The molecule has 1 unspecified atom stereocenters. The van der Waals surface area contributed by atoms with Gasteiger partial charge >= 0.3 is 0 Å². The van der Waals surface area contributed by atoms with Gasteiger partial charge in [0.25, 0.3) is 10.0 Å². The normalized spacial score (nSPS) is 12.3. The van der Waals surface area contributed by atoms with E-state index in [-0.39, 0.29) is 13.0 Å². The fraction of sp³-hybridized carbons (Fsp3) is 0.154. The second kappa shape index (κ2) is 11.5. The summed E-state index contributed by atoms with van der Waals surface area (Å²) in [7, 11) is -4.22. The van der Waals surface area contributed by atoms with Crippen molar-refractivity contribution in [1.82, 2.24) is 4.72 Å². The predicted octanol–water partition coefficient (Wildman–Crippen LogP) is 4.29. The smallest absolute Gasteiger partial charge is 0.257 e. The minimum absolute atomic E-state index is 0.151. The molecule has 2 amide bonds. The number of nitrogens with zero attached hydrogens (tertiary/aromatic N) is 1. The summed E-state index contributed by atoms with van der Waals surface area (Å²) in [5.41, 5.74) is 1.42. The highest BCUT2D eigenvalue weighted by atomic mass is 32.2. The highest BCUT2D eigenvalue weighted by molar-refractivity contribution is 7.93. The summed E-state index contributed by atoms with van der Waals surface area (Å²) in [5, 5.41) is 0.844. The lowest BCUT2D eigenvalue weighted by Gasteiger charge is -2.26. The molecule has 0 aliphatic heterocycles. The number of sulfonamides is 1. The molecule has 0 aliphatic rings. The molecule has 0 aromatic heterocycles. The van der Waals surface area contributed by atoms with Gasteiger partial charge in [0, 0.05) is 12.2 Å². The van der Waals surface area contributed by atoms with E-state index in [2.05, 4.69) is 0 Å². The standard InChI is InChI=1S/C26H24F2N2O4S/c1-2-30(23-14-12-22(28)13-15-23)26(32)24(18-20-8-10-21(27)11-9-20)25(31)29-35(33,34)17-16-19-6-4-3-5-7-19/h3-17,24H,2,18H2,1H3,(H,29,31)/b17-16+. The van der Waals surface area contributed by atoms with Crippen molar-refractivity contribution >= 4 is 33.6 Å². The molecule has 0 saturated heterocycles. The van der Waals surface area contributed by atoms with Crippen LogP contribution in [0.15, 0.2) is 84.3 Å². The third-order valence-electron chi connectivity index (χ3n) is 5.17. The van der Waals surface area contributed by atoms with Crippen LogP contribution in [0.3, 0.4) is 0 Å². The van der Waals surface area contributed by atoms with Crippen molar-refractivity contribution in [3.8, 4) is 0 Å². The molecule has 0 radical (unpaired) electrons. The molecule has 6 nitrogen and oxygen atoms in total. The van der Waals surface area contributed by atoms with E-state index >= 15 is 0 Å². The molecule has 3 aromatic carbocycles. The van der Waals surface area contributed by atoms with Gasteiger partial charge < -0.3 is 4.90 Å². The van der Waals surface area contributed by atoms with Crippen LogP contribution in [0.4, 0.5) is 14.5 Å².